The zero-order valence-electron chi connectivity index (χ0n) is 16.5. The fraction of sp³-hybridized carbons (Fsp3) is 0.174. The van der Waals surface area contributed by atoms with Crippen molar-refractivity contribution < 1.29 is 40.6 Å². The van der Waals surface area contributed by atoms with Crippen molar-refractivity contribution in [1.29, 1.82) is 0 Å². The minimum absolute atomic E-state index is 0.0659. The molecule has 0 fully saturated rings. The van der Waals surface area contributed by atoms with E-state index in [1.54, 1.807) is 24.3 Å². The predicted molar refractivity (Wildman–Crippen MR) is 104 cm³/mol. The summed E-state index contributed by atoms with van der Waals surface area (Å²) in [5, 5.41) is 0. The predicted octanol–water partition coefficient (Wildman–Crippen LogP) is 6.16. The van der Waals surface area contributed by atoms with Crippen molar-refractivity contribution in [2.24, 2.45) is 4.99 Å². The molecule has 0 radical (unpaired) electrons. The molecule has 3 aromatic carbocycles. The van der Waals surface area contributed by atoms with Crippen LogP contribution in [0.2, 0.25) is 0 Å². The van der Waals surface area contributed by atoms with Gasteiger partial charge in [-0.25, -0.2) is 18.5 Å². The Morgan fingerprint density at radius 3 is 2.21 bits per heavy atom. The molecule has 2 aliphatic rings. The molecule has 5 rings (SSSR count). The van der Waals surface area contributed by atoms with Gasteiger partial charge in [-0.05, 0) is 41.0 Å². The molecule has 0 saturated heterocycles. The van der Waals surface area contributed by atoms with Crippen molar-refractivity contribution >= 4 is 5.90 Å². The molecule has 4 nitrogen and oxygen atoms in total. The molecule has 3 aromatic rings. The molecular weight excluding hydrogens is 452 g/mol. The highest BCUT2D eigenvalue weighted by atomic mass is 19.3. The van der Waals surface area contributed by atoms with Crippen LogP contribution in [0.15, 0.2) is 65.7 Å². The lowest BCUT2D eigenvalue weighted by Crippen LogP contribution is -2.41. The number of hydrogen-bond donors (Lipinski definition) is 0. The Bertz CT molecular complexity index is 1240. The van der Waals surface area contributed by atoms with E-state index in [9.17, 15) is 26.3 Å². The van der Waals surface area contributed by atoms with Crippen LogP contribution in [0, 0.1) is 11.6 Å². The number of fused-ring (bicyclic) bond motifs is 1. The lowest BCUT2D eigenvalue weighted by molar-refractivity contribution is -0.461. The Morgan fingerprint density at radius 2 is 1.52 bits per heavy atom. The largest absolute Gasteiger partial charge is 0.540 e. The number of aliphatic imine (C=N–C) groups is 1. The number of ether oxygens (including phenoxy) is 3. The quantitative estimate of drug-likeness (QED) is 0.435. The molecular formula is C23H13F6NO3. The molecule has 2 heterocycles. The summed E-state index contributed by atoms with van der Waals surface area (Å²) in [6.45, 7) is 0.0659. The fourth-order valence-corrected chi connectivity index (χ4v) is 3.66. The van der Waals surface area contributed by atoms with Crippen LogP contribution in [0.1, 0.15) is 22.7 Å². The summed E-state index contributed by atoms with van der Waals surface area (Å²) in [5.74, 6) is -2.41. The molecule has 170 valence electrons. The first kappa shape index (κ1) is 21.3. The standard InChI is InChI=1S/C23H13F6NO3/c24-16-2-1-3-17(25)20(16)21-30-18(11-31-21)13-6-4-12(5-7-13)14-8-9-19-15(10-14)22(26,27)33-23(28,29)32-19/h1-10,18H,11H2. The lowest BCUT2D eigenvalue weighted by atomic mass is 9.99. The van der Waals surface area contributed by atoms with E-state index < -0.39 is 41.4 Å². The fourth-order valence-electron chi connectivity index (χ4n) is 3.66. The molecule has 1 atom stereocenters. The molecule has 2 aliphatic heterocycles. The Kier molecular flexibility index (Phi) is 4.86. The van der Waals surface area contributed by atoms with Gasteiger partial charge in [-0.1, -0.05) is 36.4 Å². The van der Waals surface area contributed by atoms with Crippen molar-refractivity contribution in [3.63, 3.8) is 0 Å². The van der Waals surface area contributed by atoms with Gasteiger partial charge in [-0.3, -0.25) is 0 Å². The van der Waals surface area contributed by atoms with E-state index in [1.807, 2.05) is 0 Å². The van der Waals surface area contributed by atoms with E-state index in [1.165, 1.54) is 12.1 Å². The van der Waals surface area contributed by atoms with Gasteiger partial charge in [0, 0.05) is 0 Å². The van der Waals surface area contributed by atoms with Crippen molar-refractivity contribution in [3.05, 3.63) is 89.0 Å². The lowest BCUT2D eigenvalue weighted by Gasteiger charge is -2.30. The number of alkyl halides is 4. The van der Waals surface area contributed by atoms with Crippen LogP contribution in [0.25, 0.3) is 11.1 Å². The Hall–Kier alpha value is -3.53. The zero-order chi connectivity index (χ0) is 23.4. The molecule has 0 spiro atoms. The minimum atomic E-state index is -4.44. The van der Waals surface area contributed by atoms with E-state index in [0.717, 1.165) is 24.3 Å². The van der Waals surface area contributed by atoms with Crippen LogP contribution in [0.3, 0.4) is 0 Å². The topological polar surface area (TPSA) is 40.0 Å². The van der Waals surface area contributed by atoms with Crippen LogP contribution in [-0.4, -0.2) is 18.8 Å². The van der Waals surface area contributed by atoms with Crippen LogP contribution in [0.5, 0.6) is 5.75 Å². The van der Waals surface area contributed by atoms with Gasteiger partial charge in [0.2, 0.25) is 5.90 Å². The summed E-state index contributed by atoms with van der Waals surface area (Å²) in [7, 11) is 0. The molecule has 1 unspecified atom stereocenters. The van der Waals surface area contributed by atoms with Gasteiger partial charge in [-0.15, -0.1) is 8.78 Å². The molecule has 0 aliphatic carbocycles. The second-order valence-corrected chi connectivity index (χ2v) is 7.37. The van der Waals surface area contributed by atoms with Crippen LogP contribution < -0.4 is 4.74 Å². The Labute approximate surface area is 183 Å². The zero-order valence-corrected chi connectivity index (χ0v) is 16.5. The third kappa shape index (κ3) is 3.91. The third-order valence-corrected chi connectivity index (χ3v) is 5.23. The molecule has 33 heavy (non-hydrogen) atoms. The molecule has 0 aromatic heterocycles. The maximum atomic E-state index is 14.0. The van der Waals surface area contributed by atoms with Gasteiger partial charge in [0.25, 0.3) is 0 Å². The highest BCUT2D eigenvalue weighted by molar-refractivity contribution is 5.95. The maximum absolute atomic E-state index is 14.0. The number of halogens is 6. The first-order valence-corrected chi connectivity index (χ1v) is 9.68. The van der Waals surface area contributed by atoms with Gasteiger partial charge in [-0.2, -0.15) is 8.78 Å². The van der Waals surface area contributed by atoms with Gasteiger partial charge in [0.05, 0.1) is 5.56 Å². The summed E-state index contributed by atoms with van der Waals surface area (Å²) >= 11 is 0. The van der Waals surface area contributed by atoms with E-state index >= 15 is 0 Å². The van der Waals surface area contributed by atoms with Crippen molar-refractivity contribution in [2.45, 2.75) is 18.4 Å². The van der Waals surface area contributed by atoms with Crippen LogP contribution in [0.4, 0.5) is 26.3 Å². The first-order valence-electron chi connectivity index (χ1n) is 9.68. The Balaban J connectivity index is 1.41. The number of benzene rings is 3. The van der Waals surface area contributed by atoms with E-state index in [2.05, 4.69) is 14.5 Å². The average molecular weight is 465 g/mol. The van der Waals surface area contributed by atoms with E-state index in [-0.39, 0.29) is 18.1 Å². The van der Waals surface area contributed by atoms with Crippen molar-refractivity contribution in [3.8, 4) is 16.9 Å². The first-order chi connectivity index (χ1) is 15.6. The van der Waals surface area contributed by atoms with Crippen LogP contribution >= 0.6 is 0 Å². The third-order valence-electron chi connectivity index (χ3n) is 5.23. The van der Waals surface area contributed by atoms with E-state index in [0.29, 0.717) is 16.7 Å². The summed E-state index contributed by atoms with van der Waals surface area (Å²) in [5.41, 5.74) is 0.331. The van der Waals surface area contributed by atoms with Crippen molar-refractivity contribution in [2.75, 3.05) is 6.61 Å². The normalized spacial score (nSPS) is 20.4. The molecule has 0 N–H and O–H groups in total. The summed E-state index contributed by atoms with van der Waals surface area (Å²) < 4.78 is 95.4. The number of rotatable bonds is 3. The molecule has 10 heteroatoms. The minimum Gasteiger partial charge on any atom is -0.475 e. The molecule has 0 bridgehead atoms. The summed E-state index contributed by atoms with van der Waals surface area (Å²) in [6.07, 6.45) is -8.67. The highest BCUT2D eigenvalue weighted by Gasteiger charge is 2.54. The highest BCUT2D eigenvalue weighted by Crippen LogP contribution is 2.47. The Morgan fingerprint density at radius 1 is 0.848 bits per heavy atom. The smallest absolute Gasteiger partial charge is 0.475 e. The monoisotopic (exact) mass is 465 g/mol. The average Bonchev–Trinajstić information content (AvgIpc) is 3.22. The number of hydrogen-bond acceptors (Lipinski definition) is 4. The second-order valence-electron chi connectivity index (χ2n) is 7.37. The van der Waals surface area contributed by atoms with E-state index in [4.69, 9.17) is 4.74 Å². The molecule has 0 saturated carbocycles. The van der Waals surface area contributed by atoms with Gasteiger partial charge in [0.1, 0.15) is 35.6 Å². The summed E-state index contributed by atoms with van der Waals surface area (Å²) in [6, 6.07) is 12.9. The SMILES string of the molecule is Fc1cccc(F)c1C1=NC(c2ccc(-c3ccc4c(c3)C(F)(F)OC(F)(F)O4)cc2)CO1. The van der Waals surface area contributed by atoms with Crippen LogP contribution in [-0.2, 0) is 15.6 Å². The number of nitrogens with zero attached hydrogens (tertiary/aromatic N) is 1. The molecule has 0 amide bonds. The van der Waals surface area contributed by atoms with Gasteiger partial charge < -0.3 is 9.47 Å². The van der Waals surface area contributed by atoms with Crippen molar-refractivity contribution in [1.82, 2.24) is 0 Å². The second kappa shape index (κ2) is 7.51. The maximum Gasteiger partial charge on any atom is 0.540 e. The summed E-state index contributed by atoms with van der Waals surface area (Å²) in [4.78, 5) is 4.25. The van der Waals surface area contributed by atoms with Gasteiger partial charge >= 0.3 is 12.4 Å². The van der Waals surface area contributed by atoms with Gasteiger partial charge in [0.15, 0.2) is 0 Å².